The molecule has 0 bridgehead atoms. The molecule has 2 aliphatic heterocycles. The van der Waals surface area contributed by atoms with E-state index in [4.69, 9.17) is 0 Å². The number of aromatic nitrogens is 2. The number of nitrogens with one attached hydrogen (secondary N) is 2. The normalized spacial score (nSPS) is 28.2. The molecule has 2 N–H and O–H groups in total. The summed E-state index contributed by atoms with van der Waals surface area (Å²) < 4.78 is 0. The monoisotopic (exact) mass is 234 g/mol. The van der Waals surface area contributed by atoms with Crippen LogP contribution in [0.5, 0.6) is 0 Å². The van der Waals surface area contributed by atoms with Gasteiger partial charge < -0.3 is 10.2 Å². The summed E-state index contributed by atoms with van der Waals surface area (Å²) in [7, 11) is 0. The molecule has 1 amide bonds. The van der Waals surface area contributed by atoms with Crippen molar-refractivity contribution in [3.63, 3.8) is 0 Å². The first-order chi connectivity index (χ1) is 8.24. The maximum Gasteiger partial charge on any atom is 0.274 e. The molecule has 5 heteroatoms. The second-order valence-corrected chi connectivity index (χ2v) is 5.11. The fraction of sp³-hybridized carbons (Fsp3) is 0.667. The Hall–Kier alpha value is -1.36. The lowest BCUT2D eigenvalue weighted by Gasteiger charge is -2.24. The lowest BCUT2D eigenvalue weighted by atomic mass is 9.94. The summed E-state index contributed by atoms with van der Waals surface area (Å²) >= 11 is 0. The first kappa shape index (κ1) is 10.8. The molecule has 0 aromatic carbocycles. The number of hydrogen-bond acceptors (Lipinski definition) is 3. The van der Waals surface area contributed by atoms with Crippen LogP contribution in [0.4, 0.5) is 0 Å². The van der Waals surface area contributed by atoms with Crippen molar-refractivity contribution < 1.29 is 4.79 Å². The third-order valence-corrected chi connectivity index (χ3v) is 3.81. The second kappa shape index (κ2) is 4.14. The van der Waals surface area contributed by atoms with Gasteiger partial charge in [-0.05, 0) is 38.3 Å². The number of carbonyl (C=O) groups is 1. The van der Waals surface area contributed by atoms with Gasteiger partial charge in [0.25, 0.3) is 5.91 Å². The van der Waals surface area contributed by atoms with Gasteiger partial charge in [0.1, 0.15) is 5.69 Å². The SMILES string of the molecule is Cc1cc(C(=O)N2C[C@H]3CCCN[C@H]3C2)n[nH]1. The van der Waals surface area contributed by atoms with Gasteiger partial charge in [-0.3, -0.25) is 9.89 Å². The van der Waals surface area contributed by atoms with Gasteiger partial charge in [0.15, 0.2) is 0 Å². The van der Waals surface area contributed by atoms with Crippen LogP contribution in [0.3, 0.4) is 0 Å². The number of carbonyl (C=O) groups excluding carboxylic acids is 1. The van der Waals surface area contributed by atoms with Crippen molar-refractivity contribution in [2.24, 2.45) is 5.92 Å². The number of H-pyrrole nitrogens is 1. The van der Waals surface area contributed by atoms with E-state index in [9.17, 15) is 4.79 Å². The zero-order chi connectivity index (χ0) is 11.8. The van der Waals surface area contributed by atoms with Crippen LogP contribution in [-0.4, -0.2) is 46.7 Å². The standard InChI is InChI=1S/C12H18N4O/c1-8-5-10(15-14-8)12(17)16-6-9-3-2-4-13-11(9)7-16/h5,9,11,13H,2-4,6-7H2,1H3,(H,14,15)/t9-,11+/m1/s1. The Labute approximate surface area is 101 Å². The summed E-state index contributed by atoms with van der Waals surface area (Å²) in [6.07, 6.45) is 2.46. The minimum atomic E-state index is 0.0607. The van der Waals surface area contributed by atoms with E-state index >= 15 is 0 Å². The number of likely N-dealkylation sites (tertiary alicyclic amines) is 1. The molecule has 5 nitrogen and oxygen atoms in total. The highest BCUT2D eigenvalue weighted by Gasteiger charge is 2.37. The topological polar surface area (TPSA) is 61.0 Å². The van der Waals surface area contributed by atoms with E-state index in [1.807, 2.05) is 17.9 Å². The first-order valence-electron chi connectivity index (χ1n) is 6.29. The third kappa shape index (κ3) is 1.95. The number of rotatable bonds is 1. The van der Waals surface area contributed by atoms with Gasteiger partial charge in [-0.25, -0.2) is 0 Å². The molecule has 0 unspecified atom stereocenters. The summed E-state index contributed by atoms with van der Waals surface area (Å²) in [5, 5.41) is 10.4. The molecule has 3 rings (SSSR count). The largest absolute Gasteiger partial charge is 0.335 e. The molecule has 17 heavy (non-hydrogen) atoms. The van der Waals surface area contributed by atoms with Gasteiger partial charge in [0, 0.05) is 24.8 Å². The molecule has 1 aromatic rings. The number of aryl methyl sites for hydroxylation is 1. The predicted molar refractivity (Wildman–Crippen MR) is 63.7 cm³/mol. The van der Waals surface area contributed by atoms with Crippen molar-refractivity contribution in [3.8, 4) is 0 Å². The Bertz CT molecular complexity index is 414. The highest BCUT2D eigenvalue weighted by atomic mass is 16.2. The van der Waals surface area contributed by atoms with Crippen LogP contribution in [0.1, 0.15) is 29.0 Å². The lowest BCUT2D eigenvalue weighted by molar-refractivity contribution is 0.0780. The maximum absolute atomic E-state index is 12.2. The van der Waals surface area contributed by atoms with Crippen LogP contribution >= 0.6 is 0 Å². The zero-order valence-corrected chi connectivity index (χ0v) is 10.1. The van der Waals surface area contributed by atoms with Crippen molar-refractivity contribution >= 4 is 5.91 Å². The summed E-state index contributed by atoms with van der Waals surface area (Å²) in [6.45, 7) is 4.71. The van der Waals surface area contributed by atoms with Gasteiger partial charge in [-0.15, -0.1) is 0 Å². The fourth-order valence-electron chi connectivity index (χ4n) is 2.90. The second-order valence-electron chi connectivity index (χ2n) is 5.11. The first-order valence-corrected chi connectivity index (χ1v) is 6.29. The molecular weight excluding hydrogens is 216 g/mol. The Morgan fingerprint density at radius 1 is 1.53 bits per heavy atom. The minimum absolute atomic E-state index is 0.0607. The smallest absolute Gasteiger partial charge is 0.274 e. The third-order valence-electron chi connectivity index (χ3n) is 3.81. The quantitative estimate of drug-likeness (QED) is 0.745. The zero-order valence-electron chi connectivity index (χ0n) is 10.1. The summed E-state index contributed by atoms with van der Waals surface area (Å²) in [5.74, 6) is 0.693. The van der Waals surface area contributed by atoms with E-state index in [1.165, 1.54) is 12.8 Å². The molecule has 0 saturated carbocycles. The van der Waals surface area contributed by atoms with Crippen molar-refractivity contribution in [2.75, 3.05) is 19.6 Å². The molecule has 2 atom stereocenters. The number of fused-ring (bicyclic) bond motifs is 1. The van der Waals surface area contributed by atoms with Crippen LogP contribution in [0.2, 0.25) is 0 Å². The van der Waals surface area contributed by atoms with Gasteiger partial charge in [-0.2, -0.15) is 5.10 Å². The predicted octanol–water partition coefficient (Wildman–Crippen LogP) is 0.542. The van der Waals surface area contributed by atoms with Crippen LogP contribution < -0.4 is 5.32 Å². The molecule has 0 aliphatic carbocycles. The van der Waals surface area contributed by atoms with Crippen molar-refractivity contribution in [3.05, 3.63) is 17.5 Å². The molecule has 2 saturated heterocycles. The molecule has 92 valence electrons. The van der Waals surface area contributed by atoms with E-state index in [0.29, 0.717) is 17.7 Å². The van der Waals surface area contributed by atoms with E-state index in [0.717, 1.165) is 25.3 Å². The van der Waals surface area contributed by atoms with Gasteiger partial charge in [-0.1, -0.05) is 0 Å². The van der Waals surface area contributed by atoms with Crippen LogP contribution in [0.25, 0.3) is 0 Å². The Morgan fingerprint density at radius 2 is 2.41 bits per heavy atom. The van der Waals surface area contributed by atoms with Gasteiger partial charge in [0.2, 0.25) is 0 Å². The van der Waals surface area contributed by atoms with Crippen LogP contribution in [0.15, 0.2) is 6.07 Å². The Balaban J connectivity index is 1.71. The van der Waals surface area contributed by atoms with E-state index < -0.39 is 0 Å². The molecule has 2 fully saturated rings. The molecule has 3 heterocycles. The van der Waals surface area contributed by atoms with Crippen LogP contribution in [0, 0.1) is 12.8 Å². The van der Waals surface area contributed by atoms with Gasteiger partial charge >= 0.3 is 0 Å². The number of amides is 1. The number of nitrogens with zero attached hydrogens (tertiary/aromatic N) is 2. The highest BCUT2D eigenvalue weighted by molar-refractivity contribution is 5.92. The maximum atomic E-state index is 12.2. The van der Waals surface area contributed by atoms with Crippen molar-refractivity contribution in [1.29, 1.82) is 0 Å². The molecule has 2 aliphatic rings. The number of piperidine rings is 1. The van der Waals surface area contributed by atoms with Gasteiger partial charge in [0.05, 0.1) is 0 Å². The van der Waals surface area contributed by atoms with E-state index in [1.54, 1.807) is 0 Å². The van der Waals surface area contributed by atoms with E-state index in [-0.39, 0.29) is 5.91 Å². The Morgan fingerprint density at radius 3 is 3.12 bits per heavy atom. The summed E-state index contributed by atoms with van der Waals surface area (Å²) in [6, 6.07) is 2.31. The lowest BCUT2D eigenvalue weighted by Crippen LogP contribution is -2.41. The average Bonchev–Trinajstić information content (AvgIpc) is 2.93. The Kier molecular flexibility index (Phi) is 2.63. The molecule has 0 radical (unpaired) electrons. The highest BCUT2D eigenvalue weighted by Crippen LogP contribution is 2.25. The van der Waals surface area contributed by atoms with Crippen molar-refractivity contribution in [2.45, 2.75) is 25.8 Å². The minimum Gasteiger partial charge on any atom is -0.335 e. The molecular formula is C12H18N4O. The molecule has 0 spiro atoms. The average molecular weight is 234 g/mol. The van der Waals surface area contributed by atoms with Crippen molar-refractivity contribution in [1.82, 2.24) is 20.4 Å². The molecule has 1 aromatic heterocycles. The van der Waals surface area contributed by atoms with E-state index in [2.05, 4.69) is 15.5 Å². The number of aromatic amines is 1. The van der Waals surface area contributed by atoms with Crippen LogP contribution in [-0.2, 0) is 0 Å². The summed E-state index contributed by atoms with van der Waals surface area (Å²) in [5.41, 5.74) is 1.48. The number of hydrogen-bond donors (Lipinski definition) is 2. The fourth-order valence-corrected chi connectivity index (χ4v) is 2.90. The summed E-state index contributed by atoms with van der Waals surface area (Å²) in [4.78, 5) is 14.2.